The van der Waals surface area contributed by atoms with Crippen LogP contribution < -0.4 is 0 Å². The van der Waals surface area contributed by atoms with Crippen LogP contribution in [-0.2, 0) is 5.41 Å². The average molecular weight is 1930 g/mol. The van der Waals surface area contributed by atoms with Crippen LogP contribution >= 0.6 is 0 Å². The highest BCUT2D eigenvalue weighted by molar-refractivity contribution is 5.69. The van der Waals surface area contributed by atoms with Gasteiger partial charge in [0.25, 0.3) is 0 Å². The summed E-state index contributed by atoms with van der Waals surface area (Å²) < 4.78 is 153. The third-order valence-electron chi connectivity index (χ3n) is 29.7. The van der Waals surface area contributed by atoms with E-state index in [1.807, 2.05) is 44.2 Å². The highest BCUT2D eigenvalue weighted by Gasteiger charge is 2.40. The average Bonchev–Trinajstić information content (AvgIpc) is 0.748. The molecule has 5 fully saturated rings. The summed E-state index contributed by atoms with van der Waals surface area (Å²) in [4.78, 5) is 0. The van der Waals surface area contributed by atoms with E-state index in [0.29, 0.717) is 43.9 Å². The lowest BCUT2D eigenvalue weighted by Gasteiger charge is -2.45. The molecule has 5 aliphatic carbocycles. The second-order valence-corrected chi connectivity index (χ2v) is 45.9. The first-order valence-electron chi connectivity index (χ1n) is 63.3. The Bertz CT molecular complexity index is 6630. The Kier molecular flexibility index (Phi) is 36.1. The zero-order valence-electron chi connectivity index (χ0n) is 114. The van der Waals surface area contributed by atoms with E-state index in [1.54, 1.807) is 43.3 Å². The number of benzene rings is 13. The lowest BCUT2D eigenvalue weighted by Crippen LogP contribution is -2.32. The molecule has 13 aromatic rings. The number of hydrogen-bond donors (Lipinski definition) is 0. The lowest BCUT2D eigenvalue weighted by atomic mass is 9.60. The topological polar surface area (TPSA) is 0 Å². The van der Waals surface area contributed by atoms with E-state index < -0.39 is 46.0 Å². The standard InChI is InChI=1S/C18H26.C17H26.C16H18.C15H16.C15H22.C13H18.C13H20.C11H16.C9H12.2C8H10/c1-15-5-7-16(8-6-15)17-9-13-18(14-10-17)11-3-2-4-12-18;1-13-6-8-14(9-7-13)15-10-16(2,3)12-17(4,5)11-15;1-11-5-8-16(14(4)9-11)15-7-6-12(2)13(3)10-15;1-11-4-7-14(8-5-11)15-9-6-12(2)13(3)10-15;1-12-4-6-13(7-5-12)14-8-10-15(2,3)11-9-14;1-11-7-9-13(10-8-11)12-5-3-2-4-6-12;1-9(2)12-7-6-8-13(10(3)4)11(12)5;1-9-5-7-10(8-6-9)11(2,3)4;1-7-4-5-8(2)9(3)6-7;2*1-7-3-5-8(2)6-4-7/h5-8,17H,2-4,9-14H2,1H3;6-9,15H,10-12H2,1-5H3;5-10H,1-4H3;4-10H,1-3H3;4-7,14H,8-11H2,1-3H3;7-10,12H,2-6H2,1H3;6-10H,1-5H3;5-8H,1-4H3;4-6H,1-3H3;2*3-6H,1-2H3/i17D;;2*1D3;14D;12D;1D3,3D3,9D,10D;;;1D3;. The molecule has 0 amide bonds. The molecule has 143 heavy (non-hydrogen) atoms. The molecule has 0 nitrogen and oxygen atoms in total. The molecule has 0 aromatic heterocycles. The van der Waals surface area contributed by atoms with Crippen LogP contribution in [0, 0.1) is 160 Å². The Morgan fingerprint density at radius 2 is 0.594 bits per heavy atom. The van der Waals surface area contributed by atoms with Gasteiger partial charge in [0.15, 0.2) is 0 Å². The van der Waals surface area contributed by atoms with Crippen LogP contribution in [0.2, 0.25) is 0 Å². The van der Waals surface area contributed by atoms with Gasteiger partial charge in [-0.15, -0.1) is 0 Å². The van der Waals surface area contributed by atoms with Crippen LogP contribution in [0.15, 0.2) is 285 Å². The maximum Gasteiger partial charge on any atom is 0.0352 e. The van der Waals surface area contributed by atoms with Gasteiger partial charge in [-0.05, 0) is 403 Å². The Morgan fingerprint density at radius 3 is 0.972 bits per heavy atom. The van der Waals surface area contributed by atoms with Crippen LogP contribution in [0.1, 0.15) is 438 Å². The molecule has 0 heterocycles. The van der Waals surface area contributed by atoms with Gasteiger partial charge in [0.05, 0.1) is 0 Å². The third-order valence-corrected chi connectivity index (χ3v) is 29.7. The van der Waals surface area contributed by atoms with Gasteiger partial charge in [-0.2, -0.15) is 0 Å². The second kappa shape index (κ2) is 57.1. The highest BCUT2D eigenvalue weighted by Crippen LogP contribution is 2.53. The van der Waals surface area contributed by atoms with Crippen molar-refractivity contribution in [2.75, 3.05) is 0 Å². The van der Waals surface area contributed by atoms with Crippen molar-refractivity contribution < 1.29 is 27.4 Å². The van der Waals surface area contributed by atoms with Gasteiger partial charge in [0.1, 0.15) is 0 Å². The molecule has 0 N–H and O–H groups in total. The molecule has 2 atom stereocenters. The Hall–Kier alpha value is -10.1. The Balaban J connectivity index is 0.000000219. The largest absolute Gasteiger partial charge is 0.0617 e. The first-order chi connectivity index (χ1) is 75.3. The smallest absolute Gasteiger partial charge is 0.0352 e. The molecule has 0 bridgehead atoms. The summed E-state index contributed by atoms with van der Waals surface area (Å²) in [7, 11) is 0. The van der Waals surface area contributed by atoms with E-state index in [2.05, 4.69) is 359 Å². The van der Waals surface area contributed by atoms with Gasteiger partial charge < -0.3 is 0 Å². The van der Waals surface area contributed by atoms with Gasteiger partial charge >= 0.3 is 0 Å². The minimum absolute atomic E-state index is 0.225. The summed E-state index contributed by atoms with van der Waals surface area (Å²) >= 11 is 0. The molecule has 18 rings (SSSR count). The van der Waals surface area contributed by atoms with Crippen molar-refractivity contribution in [3.8, 4) is 22.3 Å². The molecule has 5 saturated carbocycles. The molecular weight excluding hydrogens is 1720 g/mol. The SMILES string of the molecule is Cc1ccc(C(C)(C)C)cc1.Cc1ccc(C)c(C)c1.Cc1ccc(C)cc1.Cc1ccc(C2CC(C)(C)CC(C)(C)C2)cc1.[2H]C([2H])([2H])C([2H])(C)c1cccc(C([2H])(C)C([2H])([2H])[2H])c1C.[2H]C([2H])([2H])c1ccc(-c2ccc(C)c(C)c2)c(C)c1.[2H]C([2H])([2H])c1ccc(-c2ccc(C)c(C)c2)cc1.[2H]C([2H])([2H])c1ccc(C)cc1.[2H]C1(c2ccc(C)cc2)CCC(C)(C)CC1.[2H]C1(c2ccc(C)cc2)CCC2(CCCCC2)CC1.[2H]C1(c2ccc(C)cc2)CCCCC1. The van der Waals surface area contributed by atoms with Gasteiger partial charge in [-0.1, -0.05) is 480 Å². The molecule has 1 spiro atoms. The van der Waals surface area contributed by atoms with Crippen LogP contribution in [0.25, 0.3) is 22.3 Å². The number of hydrogen-bond acceptors (Lipinski definition) is 0. The molecular formula is C143H194. The van der Waals surface area contributed by atoms with E-state index in [9.17, 15) is 0 Å². The molecule has 0 saturated heterocycles. The molecule has 2 unspecified atom stereocenters. The first-order valence-corrected chi connectivity index (χ1v) is 53.3. The Morgan fingerprint density at radius 1 is 0.280 bits per heavy atom. The van der Waals surface area contributed by atoms with E-state index >= 15 is 0 Å². The van der Waals surface area contributed by atoms with E-state index in [-0.39, 0.29) is 34.2 Å². The zero-order valence-corrected chi connectivity index (χ0v) is 93.6. The summed E-state index contributed by atoms with van der Waals surface area (Å²) in [6.45, 7) is 47.5. The van der Waals surface area contributed by atoms with Gasteiger partial charge in [0.2, 0.25) is 0 Å². The minimum Gasteiger partial charge on any atom is -0.0617 e. The fourth-order valence-corrected chi connectivity index (χ4v) is 20.3. The van der Waals surface area contributed by atoms with Crippen LogP contribution in [0.4, 0.5) is 0 Å². The zero-order chi connectivity index (χ0) is 122. The monoisotopic (exact) mass is 1930 g/mol. The van der Waals surface area contributed by atoms with Crippen molar-refractivity contribution in [1.82, 2.24) is 0 Å². The van der Waals surface area contributed by atoms with Gasteiger partial charge in [-0.25, -0.2) is 0 Å². The third kappa shape index (κ3) is 41.4. The van der Waals surface area contributed by atoms with Crippen molar-refractivity contribution in [2.45, 2.75) is 404 Å². The first kappa shape index (κ1) is 90.4. The van der Waals surface area contributed by atoms with Crippen molar-refractivity contribution in [3.63, 3.8) is 0 Å². The van der Waals surface area contributed by atoms with Gasteiger partial charge in [-0.3, -0.25) is 0 Å². The van der Waals surface area contributed by atoms with E-state index in [4.69, 9.17) is 27.4 Å². The van der Waals surface area contributed by atoms with Crippen LogP contribution in [0.3, 0.4) is 0 Å². The van der Waals surface area contributed by atoms with Crippen molar-refractivity contribution >= 4 is 0 Å². The minimum atomic E-state index is -2.55. The summed E-state index contributed by atoms with van der Waals surface area (Å²) in [6, 6.07) is 95.1. The van der Waals surface area contributed by atoms with Crippen LogP contribution in [0.5, 0.6) is 0 Å². The summed E-state index contributed by atoms with van der Waals surface area (Å²) in [5.74, 6) is -3.91. The predicted molar refractivity (Wildman–Crippen MR) is 635 cm³/mol. The molecule has 13 aromatic carbocycles. The molecule has 766 valence electrons. The maximum absolute atomic E-state index is 8.83. The summed E-state index contributed by atoms with van der Waals surface area (Å²) in [5, 5.41) is 0. The lowest BCUT2D eigenvalue weighted by molar-refractivity contribution is 0.0969. The van der Waals surface area contributed by atoms with E-state index in [0.717, 1.165) is 77.8 Å². The van der Waals surface area contributed by atoms with Crippen LogP contribution in [-0.4, -0.2) is 0 Å². The summed E-state index contributed by atoms with van der Waals surface area (Å²) in [5.41, 5.74) is 35.7. The fraction of sp³-hybridized carbons (Fsp3) is 0.455. The normalized spacial score (nSPS) is 19.6. The number of rotatable bonds is 8. The molecule has 0 heteroatoms. The van der Waals surface area contributed by atoms with Crippen molar-refractivity contribution in [1.29, 1.82) is 0 Å². The maximum atomic E-state index is 8.83. The van der Waals surface area contributed by atoms with E-state index in [1.165, 1.54) is 234 Å². The highest BCUT2D eigenvalue weighted by atomic mass is 14.4. The predicted octanol–water partition coefficient (Wildman–Crippen LogP) is 43.3. The molecule has 5 aliphatic rings. The molecule has 0 aliphatic heterocycles. The van der Waals surface area contributed by atoms with Crippen molar-refractivity contribution in [3.05, 3.63) is 435 Å². The summed E-state index contributed by atoms with van der Waals surface area (Å²) in [6.07, 6.45) is 26.0. The quantitative estimate of drug-likeness (QED) is 0.142. The van der Waals surface area contributed by atoms with Crippen molar-refractivity contribution in [2.24, 2.45) is 21.7 Å². The number of aryl methyl sites for hydroxylation is 19. The molecule has 0 radical (unpaired) electrons. The Labute approximate surface area is 905 Å². The fourth-order valence-electron chi connectivity index (χ4n) is 20.3. The van der Waals surface area contributed by atoms with Gasteiger partial charge in [0, 0.05) is 27.4 Å². The second-order valence-electron chi connectivity index (χ2n) is 45.9.